The lowest BCUT2D eigenvalue weighted by Gasteiger charge is -2.18. The molecule has 1 heterocycles. The van der Waals surface area contributed by atoms with E-state index in [9.17, 15) is 0 Å². The van der Waals surface area contributed by atoms with Gasteiger partial charge < -0.3 is 10.6 Å². The van der Waals surface area contributed by atoms with Gasteiger partial charge in [0.2, 0.25) is 0 Å². The van der Waals surface area contributed by atoms with Crippen LogP contribution >= 0.6 is 0 Å². The van der Waals surface area contributed by atoms with E-state index in [2.05, 4.69) is 64.8 Å². The van der Waals surface area contributed by atoms with Crippen LogP contribution in [0.5, 0.6) is 0 Å². The molecule has 0 bridgehead atoms. The monoisotopic (exact) mass is 296 g/mol. The van der Waals surface area contributed by atoms with Crippen LogP contribution < -0.4 is 10.6 Å². The van der Waals surface area contributed by atoms with E-state index in [1.165, 1.54) is 11.1 Å². The molecule has 22 heavy (non-hydrogen) atoms. The molecule has 0 saturated carbocycles. The first-order valence-corrected chi connectivity index (χ1v) is 7.78. The van der Waals surface area contributed by atoms with E-state index in [4.69, 9.17) is 0 Å². The highest BCUT2D eigenvalue weighted by molar-refractivity contribution is 5.80. The van der Waals surface area contributed by atoms with Gasteiger partial charge in [0, 0.05) is 25.5 Å². The van der Waals surface area contributed by atoms with Gasteiger partial charge in [0.25, 0.3) is 0 Å². The van der Waals surface area contributed by atoms with Gasteiger partial charge in [0.05, 0.1) is 6.04 Å². The largest absolute Gasteiger partial charge is 0.357 e. The van der Waals surface area contributed by atoms with E-state index >= 15 is 0 Å². The van der Waals surface area contributed by atoms with E-state index in [1.54, 1.807) is 6.20 Å². The first-order chi connectivity index (χ1) is 10.8. The Morgan fingerprint density at radius 1 is 1.18 bits per heavy atom. The molecule has 116 valence electrons. The van der Waals surface area contributed by atoms with Crippen LogP contribution in [0.4, 0.5) is 0 Å². The Kier molecular flexibility index (Phi) is 6.42. The Balaban J connectivity index is 1.92. The number of pyridine rings is 1. The van der Waals surface area contributed by atoms with Gasteiger partial charge in [0.15, 0.2) is 5.96 Å². The fourth-order valence-corrected chi connectivity index (χ4v) is 2.19. The fraction of sp³-hybridized carbons (Fsp3) is 0.333. The van der Waals surface area contributed by atoms with Crippen LogP contribution in [0.15, 0.2) is 59.9 Å². The first kappa shape index (κ1) is 16.0. The van der Waals surface area contributed by atoms with Gasteiger partial charge in [-0.2, -0.15) is 0 Å². The molecule has 1 atom stereocenters. The number of guanidine groups is 1. The summed E-state index contributed by atoms with van der Waals surface area (Å²) < 4.78 is 0. The summed E-state index contributed by atoms with van der Waals surface area (Å²) in [6, 6.07) is 14.6. The highest BCUT2D eigenvalue weighted by Crippen LogP contribution is 2.10. The maximum absolute atomic E-state index is 4.64. The molecule has 0 radical (unpaired) electrons. The zero-order valence-corrected chi connectivity index (χ0v) is 13.3. The van der Waals surface area contributed by atoms with Crippen molar-refractivity contribution in [2.75, 3.05) is 13.1 Å². The third-order valence-corrected chi connectivity index (χ3v) is 3.39. The summed E-state index contributed by atoms with van der Waals surface area (Å²) in [4.78, 5) is 8.77. The lowest BCUT2D eigenvalue weighted by Crippen LogP contribution is -2.38. The maximum atomic E-state index is 4.64. The molecule has 1 unspecified atom stereocenters. The van der Waals surface area contributed by atoms with Crippen molar-refractivity contribution in [1.82, 2.24) is 15.6 Å². The van der Waals surface area contributed by atoms with Crippen LogP contribution in [-0.4, -0.2) is 24.0 Å². The molecule has 2 N–H and O–H groups in total. The molecule has 2 rings (SSSR count). The number of hydrogen-bond acceptors (Lipinski definition) is 2. The van der Waals surface area contributed by atoms with E-state index in [0.717, 1.165) is 25.5 Å². The smallest absolute Gasteiger partial charge is 0.191 e. The molecule has 4 nitrogen and oxygen atoms in total. The van der Waals surface area contributed by atoms with Gasteiger partial charge in [-0.25, -0.2) is 0 Å². The molecular formula is C18H24N4. The molecule has 0 amide bonds. The van der Waals surface area contributed by atoms with Crippen LogP contribution in [0, 0.1) is 0 Å². The molecule has 0 saturated heterocycles. The zero-order chi connectivity index (χ0) is 15.6. The van der Waals surface area contributed by atoms with Crippen molar-refractivity contribution in [3.05, 3.63) is 66.0 Å². The summed E-state index contributed by atoms with van der Waals surface area (Å²) in [5.41, 5.74) is 2.46. The lowest BCUT2D eigenvalue weighted by molar-refractivity contribution is 0.686. The van der Waals surface area contributed by atoms with Crippen LogP contribution in [0.1, 0.15) is 31.0 Å². The Morgan fingerprint density at radius 3 is 2.68 bits per heavy atom. The number of aromatic nitrogens is 1. The molecule has 0 aliphatic rings. The third-order valence-electron chi connectivity index (χ3n) is 3.39. The second-order valence-corrected chi connectivity index (χ2v) is 5.15. The Bertz CT molecular complexity index is 566. The van der Waals surface area contributed by atoms with Crippen molar-refractivity contribution in [1.29, 1.82) is 0 Å². The molecule has 0 aliphatic heterocycles. The molecule has 4 heteroatoms. The number of benzene rings is 1. The molecule has 1 aromatic carbocycles. The number of hydrogen-bond donors (Lipinski definition) is 2. The second-order valence-electron chi connectivity index (χ2n) is 5.15. The quantitative estimate of drug-likeness (QED) is 0.636. The maximum Gasteiger partial charge on any atom is 0.191 e. The van der Waals surface area contributed by atoms with E-state index in [0.29, 0.717) is 0 Å². The molecular weight excluding hydrogens is 272 g/mol. The molecule has 0 fully saturated rings. The Labute approximate surface area is 132 Å². The average Bonchev–Trinajstić information content (AvgIpc) is 2.57. The minimum Gasteiger partial charge on any atom is -0.357 e. The minimum atomic E-state index is 0.220. The Hall–Kier alpha value is -2.36. The van der Waals surface area contributed by atoms with Crippen LogP contribution in [0.2, 0.25) is 0 Å². The normalized spacial score (nSPS) is 12.7. The van der Waals surface area contributed by atoms with Gasteiger partial charge in [-0.15, -0.1) is 0 Å². The summed E-state index contributed by atoms with van der Waals surface area (Å²) in [5.74, 6) is 0.850. The standard InChI is InChI=1S/C18H24N4/c1-3-20-18(21-13-11-16-8-7-12-19-14-16)22-15(2)17-9-5-4-6-10-17/h4-10,12,14-15H,3,11,13H2,1-2H3,(H2,20,21,22). The second kappa shape index (κ2) is 8.82. The summed E-state index contributed by atoms with van der Waals surface area (Å²) in [6.45, 7) is 5.80. The molecule has 2 aromatic rings. The highest BCUT2D eigenvalue weighted by atomic mass is 15.2. The number of nitrogens with zero attached hydrogens (tertiary/aromatic N) is 2. The number of aliphatic imine (C=N–C) groups is 1. The van der Waals surface area contributed by atoms with Crippen molar-refractivity contribution < 1.29 is 0 Å². The summed E-state index contributed by atoms with van der Waals surface area (Å²) in [5, 5.41) is 6.74. The lowest BCUT2D eigenvalue weighted by atomic mass is 10.1. The topological polar surface area (TPSA) is 49.3 Å². The van der Waals surface area contributed by atoms with Crippen molar-refractivity contribution >= 4 is 5.96 Å². The minimum absolute atomic E-state index is 0.220. The predicted octanol–water partition coefficient (Wildman–Crippen LogP) is 2.94. The van der Waals surface area contributed by atoms with Gasteiger partial charge in [0.1, 0.15) is 0 Å². The van der Waals surface area contributed by atoms with Crippen LogP contribution in [0.25, 0.3) is 0 Å². The third kappa shape index (κ3) is 5.20. The van der Waals surface area contributed by atoms with Crippen molar-refractivity contribution in [2.45, 2.75) is 26.3 Å². The van der Waals surface area contributed by atoms with Gasteiger partial charge in [-0.3, -0.25) is 9.98 Å². The van der Waals surface area contributed by atoms with Crippen LogP contribution in [0.3, 0.4) is 0 Å². The highest BCUT2D eigenvalue weighted by Gasteiger charge is 2.06. The predicted molar refractivity (Wildman–Crippen MR) is 91.9 cm³/mol. The van der Waals surface area contributed by atoms with Crippen LogP contribution in [-0.2, 0) is 6.42 Å². The van der Waals surface area contributed by atoms with Crippen molar-refractivity contribution in [3.8, 4) is 0 Å². The van der Waals surface area contributed by atoms with Crippen molar-refractivity contribution in [3.63, 3.8) is 0 Å². The SMILES string of the molecule is CCNC(=NCCc1cccnc1)NC(C)c1ccccc1. The summed E-state index contributed by atoms with van der Waals surface area (Å²) in [6.07, 6.45) is 4.58. The van der Waals surface area contributed by atoms with Crippen molar-refractivity contribution in [2.24, 2.45) is 4.99 Å². The van der Waals surface area contributed by atoms with Gasteiger partial charge in [-0.1, -0.05) is 36.4 Å². The van der Waals surface area contributed by atoms with E-state index < -0.39 is 0 Å². The number of rotatable bonds is 6. The average molecular weight is 296 g/mol. The van der Waals surface area contributed by atoms with Gasteiger partial charge in [-0.05, 0) is 37.5 Å². The summed E-state index contributed by atoms with van der Waals surface area (Å²) >= 11 is 0. The fourth-order valence-electron chi connectivity index (χ4n) is 2.19. The van der Waals surface area contributed by atoms with E-state index in [1.807, 2.05) is 18.3 Å². The molecule has 0 spiro atoms. The first-order valence-electron chi connectivity index (χ1n) is 7.78. The molecule has 1 aromatic heterocycles. The Morgan fingerprint density at radius 2 is 2.00 bits per heavy atom. The number of nitrogens with one attached hydrogen (secondary N) is 2. The zero-order valence-electron chi connectivity index (χ0n) is 13.3. The molecule has 0 aliphatic carbocycles. The van der Waals surface area contributed by atoms with E-state index in [-0.39, 0.29) is 6.04 Å². The van der Waals surface area contributed by atoms with Gasteiger partial charge >= 0.3 is 0 Å². The summed E-state index contributed by atoms with van der Waals surface area (Å²) in [7, 11) is 0.